The minimum atomic E-state index is -0.391. The highest BCUT2D eigenvalue weighted by Crippen LogP contribution is 2.19. The molecule has 1 aromatic heterocycles. The maximum atomic E-state index is 10.8. The van der Waals surface area contributed by atoms with Gasteiger partial charge in [-0.25, -0.2) is 4.98 Å². The highest BCUT2D eigenvalue weighted by Gasteiger charge is 2.12. The van der Waals surface area contributed by atoms with E-state index in [1.165, 1.54) is 12.3 Å². The van der Waals surface area contributed by atoms with Crippen molar-refractivity contribution in [2.24, 2.45) is 0 Å². The molecule has 1 atom stereocenters. The van der Waals surface area contributed by atoms with E-state index < -0.39 is 4.92 Å². The molecular formula is C11H18N4O2. The molecule has 0 radical (unpaired) electrons. The Kier molecular flexibility index (Phi) is 4.39. The van der Waals surface area contributed by atoms with Crippen LogP contribution in [0.15, 0.2) is 12.3 Å². The predicted molar refractivity (Wildman–Crippen MR) is 67.3 cm³/mol. The average molecular weight is 238 g/mol. The molecule has 17 heavy (non-hydrogen) atoms. The molecule has 0 amide bonds. The summed E-state index contributed by atoms with van der Waals surface area (Å²) in [6.45, 7) is 4.44. The van der Waals surface area contributed by atoms with Crippen LogP contribution in [-0.2, 0) is 0 Å². The summed E-state index contributed by atoms with van der Waals surface area (Å²) in [5, 5.41) is 13.9. The lowest BCUT2D eigenvalue weighted by molar-refractivity contribution is -0.385. The Bertz CT molecular complexity index is 406. The summed E-state index contributed by atoms with van der Waals surface area (Å²) in [6, 6.07) is 1.80. The van der Waals surface area contributed by atoms with E-state index in [0.29, 0.717) is 24.0 Å². The second-order valence-electron chi connectivity index (χ2n) is 4.31. The van der Waals surface area contributed by atoms with Gasteiger partial charge in [0.05, 0.1) is 11.0 Å². The molecule has 0 bridgehead atoms. The molecule has 1 rings (SSSR count). The van der Waals surface area contributed by atoms with E-state index in [1.54, 1.807) is 6.92 Å². The Morgan fingerprint density at radius 3 is 2.76 bits per heavy atom. The van der Waals surface area contributed by atoms with Crippen LogP contribution >= 0.6 is 0 Å². The first-order chi connectivity index (χ1) is 7.91. The van der Waals surface area contributed by atoms with Crippen molar-refractivity contribution < 1.29 is 4.92 Å². The fourth-order valence-electron chi connectivity index (χ4n) is 1.24. The zero-order chi connectivity index (χ0) is 13.0. The van der Waals surface area contributed by atoms with Crippen molar-refractivity contribution in [1.82, 2.24) is 9.88 Å². The number of nitrogens with one attached hydrogen (secondary N) is 1. The normalized spacial score (nSPS) is 12.5. The number of aryl methyl sites for hydroxylation is 1. The Morgan fingerprint density at radius 2 is 2.24 bits per heavy atom. The Labute approximate surface area is 101 Å². The number of hydrogen-bond donors (Lipinski definition) is 1. The Balaban J connectivity index is 2.73. The first-order valence-corrected chi connectivity index (χ1v) is 5.43. The molecule has 1 aromatic rings. The molecule has 1 heterocycles. The van der Waals surface area contributed by atoms with Crippen molar-refractivity contribution >= 4 is 11.5 Å². The molecule has 1 unspecified atom stereocenters. The lowest BCUT2D eigenvalue weighted by Gasteiger charge is -2.20. The van der Waals surface area contributed by atoms with E-state index >= 15 is 0 Å². The molecule has 0 saturated heterocycles. The van der Waals surface area contributed by atoms with Gasteiger partial charge >= 0.3 is 0 Å². The van der Waals surface area contributed by atoms with Gasteiger partial charge in [0, 0.05) is 24.3 Å². The number of hydrogen-bond acceptors (Lipinski definition) is 5. The van der Waals surface area contributed by atoms with Crippen LogP contribution in [0.5, 0.6) is 0 Å². The van der Waals surface area contributed by atoms with Gasteiger partial charge in [0.25, 0.3) is 5.69 Å². The van der Waals surface area contributed by atoms with Crippen molar-refractivity contribution in [3.05, 3.63) is 27.9 Å². The summed E-state index contributed by atoms with van der Waals surface area (Å²) >= 11 is 0. The van der Waals surface area contributed by atoms with Gasteiger partial charge in [-0.15, -0.1) is 0 Å². The van der Waals surface area contributed by atoms with Crippen LogP contribution < -0.4 is 5.32 Å². The molecule has 0 saturated carbocycles. The zero-order valence-corrected chi connectivity index (χ0v) is 10.6. The van der Waals surface area contributed by atoms with Gasteiger partial charge in [0.15, 0.2) is 0 Å². The summed E-state index contributed by atoms with van der Waals surface area (Å²) in [4.78, 5) is 16.6. The summed E-state index contributed by atoms with van der Waals surface area (Å²) in [6.07, 6.45) is 1.51. The van der Waals surface area contributed by atoms with Crippen molar-refractivity contribution in [3.63, 3.8) is 0 Å². The lowest BCUT2D eigenvalue weighted by Crippen LogP contribution is -2.31. The molecule has 6 nitrogen and oxygen atoms in total. The Morgan fingerprint density at radius 1 is 1.59 bits per heavy atom. The lowest BCUT2D eigenvalue weighted by atomic mass is 10.2. The maximum absolute atomic E-state index is 10.8. The van der Waals surface area contributed by atoms with Crippen molar-refractivity contribution in [1.29, 1.82) is 0 Å². The fraction of sp³-hybridized carbons (Fsp3) is 0.545. The largest absolute Gasteiger partial charge is 0.368 e. The van der Waals surface area contributed by atoms with E-state index in [-0.39, 0.29) is 5.69 Å². The third kappa shape index (κ3) is 3.67. The predicted octanol–water partition coefficient (Wildman–Crippen LogP) is 1.66. The third-order valence-electron chi connectivity index (χ3n) is 2.73. The minimum Gasteiger partial charge on any atom is -0.368 e. The van der Waals surface area contributed by atoms with Crippen molar-refractivity contribution in [2.45, 2.75) is 19.9 Å². The molecule has 6 heteroatoms. The molecule has 94 valence electrons. The monoisotopic (exact) mass is 238 g/mol. The van der Waals surface area contributed by atoms with Gasteiger partial charge in [0.1, 0.15) is 5.82 Å². The number of likely N-dealkylation sites (N-methyl/N-ethyl adjacent to an activating group) is 1. The second kappa shape index (κ2) is 5.58. The number of nitrogens with zero attached hydrogens (tertiary/aromatic N) is 3. The number of rotatable bonds is 5. The first-order valence-electron chi connectivity index (χ1n) is 5.43. The number of pyridine rings is 1. The molecule has 0 spiro atoms. The van der Waals surface area contributed by atoms with Gasteiger partial charge in [-0.05, 0) is 27.9 Å². The smallest absolute Gasteiger partial charge is 0.277 e. The van der Waals surface area contributed by atoms with Gasteiger partial charge in [-0.2, -0.15) is 0 Å². The number of anilines is 1. The molecule has 0 aliphatic heterocycles. The number of aromatic nitrogens is 1. The van der Waals surface area contributed by atoms with Crippen molar-refractivity contribution in [2.75, 3.05) is 26.0 Å². The van der Waals surface area contributed by atoms with Gasteiger partial charge in [-0.1, -0.05) is 0 Å². The van der Waals surface area contributed by atoms with E-state index in [0.717, 1.165) is 0 Å². The number of nitro groups is 1. The summed E-state index contributed by atoms with van der Waals surface area (Å²) < 4.78 is 0. The quantitative estimate of drug-likeness (QED) is 0.624. The van der Waals surface area contributed by atoms with Crippen LogP contribution in [0.3, 0.4) is 0 Å². The van der Waals surface area contributed by atoms with Gasteiger partial charge in [-0.3, -0.25) is 10.1 Å². The van der Waals surface area contributed by atoms with Crippen LogP contribution in [-0.4, -0.2) is 41.5 Å². The topological polar surface area (TPSA) is 71.3 Å². The summed E-state index contributed by atoms with van der Waals surface area (Å²) in [5.41, 5.74) is 0.668. The fourth-order valence-corrected chi connectivity index (χ4v) is 1.24. The van der Waals surface area contributed by atoms with E-state index in [2.05, 4.69) is 22.1 Å². The van der Waals surface area contributed by atoms with Gasteiger partial charge < -0.3 is 10.2 Å². The second-order valence-corrected chi connectivity index (χ2v) is 4.31. The van der Waals surface area contributed by atoms with Crippen LogP contribution in [0.2, 0.25) is 0 Å². The van der Waals surface area contributed by atoms with Crippen LogP contribution in [0.25, 0.3) is 0 Å². The molecule has 0 aliphatic rings. The summed E-state index contributed by atoms with van der Waals surface area (Å²) in [7, 11) is 3.97. The zero-order valence-electron chi connectivity index (χ0n) is 10.6. The third-order valence-corrected chi connectivity index (χ3v) is 2.73. The average Bonchev–Trinajstić information content (AvgIpc) is 2.26. The maximum Gasteiger partial charge on any atom is 0.277 e. The van der Waals surface area contributed by atoms with Crippen molar-refractivity contribution in [3.8, 4) is 0 Å². The van der Waals surface area contributed by atoms with Crippen LogP contribution in [0.4, 0.5) is 11.5 Å². The van der Waals surface area contributed by atoms with Crippen LogP contribution in [0, 0.1) is 17.0 Å². The molecular weight excluding hydrogens is 220 g/mol. The van der Waals surface area contributed by atoms with E-state index in [4.69, 9.17) is 0 Å². The Hall–Kier alpha value is -1.69. The standard InChI is InChI=1S/C11H18N4O2/c1-8-6-12-11(5-10(8)15(16)17)13-7-9(2)14(3)4/h5-6,9H,7H2,1-4H3,(H,12,13). The summed E-state index contributed by atoms with van der Waals surface area (Å²) in [5.74, 6) is 0.538. The molecule has 1 N–H and O–H groups in total. The van der Waals surface area contributed by atoms with E-state index in [1.807, 2.05) is 14.1 Å². The first kappa shape index (κ1) is 13.4. The highest BCUT2D eigenvalue weighted by molar-refractivity contribution is 5.48. The van der Waals surface area contributed by atoms with Gasteiger partial charge in [0.2, 0.25) is 0 Å². The molecule has 0 aliphatic carbocycles. The minimum absolute atomic E-state index is 0.0972. The SMILES string of the molecule is Cc1cnc(NCC(C)N(C)C)cc1[N+](=O)[O-]. The highest BCUT2D eigenvalue weighted by atomic mass is 16.6. The molecule has 0 fully saturated rings. The van der Waals surface area contributed by atoms with E-state index in [9.17, 15) is 10.1 Å². The molecule has 0 aromatic carbocycles. The van der Waals surface area contributed by atoms with Crippen LogP contribution in [0.1, 0.15) is 12.5 Å².